The Balaban J connectivity index is 1.62. The van der Waals surface area contributed by atoms with Crippen LogP contribution in [-0.4, -0.2) is 35.5 Å². The number of hydrogen-bond acceptors (Lipinski definition) is 5. The van der Waals surface area contributed by atoms with E-state index in [1.807, 2.05) is 18.2 Å². The van der Waals surface area contributed by atoms with Gasteiger partial charge in [0.15, 0.2) is 0 Å². The minimum Gasteiger partial charge on any atom is -0.390 e. The molecule has 0 aliphatic rings. The van der Waals surface area contributed by atoms with E-state index in [-0.39, 0.29) is 6.61 Å². The highest BCUT2D eigenvalue weighted by Gasteiger charge is 2.18. The normalized spacial score (nSPS) is 11.2. The van der Waals surface area contributed by atoms with Gasteiger partial charge in [-0.2, -0.15) is 10.3 Å². The number of nitrogens with zero attached hydrogens (tertiary/aromatic N) is 5. The predicted octanol–water partition coefficient (Wildman–Crippen LogP) is 4.96. The molecule has 0 spiro atoms. The molecule has 0 fully saturated rings. The summed E-state index contributed by atoms with van der Waals surface area (Å²) in [4.78, 5) is 0. The Morgan fingerprint density at radius 2 is 1.70 bits per heavy atom. The molecule has 2 N–H and O–H groups in total. The Hall–Kier alpha value is -3.32. The molecule has 0 aliphatic heterocycles. The van der Waals surface area contributed by atoms with Crippen molar-refractivity contribution >= 4 is 0 Å². The van der Waals surface area contributed by atoms with Gasteiger partial charge in [-0.15, -0.1) is 10.2 Å². The zero-order chi connectivity index (χ0) is 23.0. The van der Waals surface area contributed by atoms with Gasteiger partial charge in [-0.25, -0.2) is 0 Å². The molecular formula is C26H32N6O. The molecule has 0 radical (unpaired) electrons. The van der Waals surface area contributed by atoms with Crippen molar-refractivity contribution in [3.63, 3.8) is 0 Å². The number of hydrogen-bond donors (Lipinski definition) is 2. The maximum Gasteiger partial charge on any atom is 0.205 e. The van der Waals surface area contributed by atoms with E-state index in [4.69, 9.17) is 5.10 Å². The number of aryl methyl sites for hydroxylation is 1. The number of unbranched alkanes of at least 4 members (excludes halogenated alkanes) is 2. The lowest BCUT2D eigenvalue weighted by Gasteiger charge is -2.11. The van der Waals surface area contributed by atoms with E-state index in [2.05, 4.69) is 69.5 Å². The summed E-state index contributed by atoms with van der Waals surface area (Å²) in [7, 11) is 0. The standard InChI is InChI=1S/C26H32N6O/c1-3-5-11-25-23(24(18-33)29-32(25)16-6-4-2)17-19-12-14-20(15-13-19)21-9-7-8-10-22(21)26-27-30-31-28-26/h7-10,12-15,33H,3-6,11,16-18H2,1-2H3,(H,27,28,30,31). The second-order valence-electron chi connectivity index (χ2n) is 8.36. The van der Waals surface area contributed by atoms with E-state index in [1.165, 1.54) is 16.8 Å². The Bertz CT molecular complexity index is 1150. The number of benzene rings is 2. The first kappa shape index (κ1) is 22.9. The summed E-state index contributed by atoms with van der Waals surface area (Å²) in [5, 5.41) is 29.3. The molecular weight excluding hydrogens is 412 g/mol. The molecule has 2 aromatic heterocycles. The van der Waals surface area contributed by atoms with Crippen molar-refractivity contribution in [2.45, 2.75) is 65.5 Å². The first-order valence-electron chi connectivity index (χ1n) is 11.9. The summed E-state index contributed by atoms with van der Waals surface area (Å²) < 4.78 is 2.13. The van der Waals surface area contributed by atoms with E-state index in [9.17, 15) is 5.11 Å². The Kier molecular flexibility index (Phi) is 7.62. The molecule has 4 aromatic rings. The Morgan fingerprint density at radius 1 is 0.939 bits per heavy atom. The van der Waals surface area contributed by atoms with E-state index < -0.39 is 0 Å². The number of nitrogens with one attached hydrogen (secondary N) is 1. The molecule has 0 saturated carbocycles. The van der Waals surface area contributed by atoms with Gasteiger partial charge in [-0.3, -0.25) is 4.68 Å². The highest BCUT2D eigenvalue weighted by Crippen LogP contribution is 2.30. The zero-order valence-electron chi connectivity index (χ0n) is 19.5. The van der Waals surface area contributed by atoms with Gasteiger partial charge in [0.25, 0.3) is 0 Å². The van der Waals surface area contributed by atoms with Crippen molar-refractivity contribution in [3.05, 3.63) is 71.0 Å². The average molecular weight is 445 g/mol. The quantitative estimate of drug-likeness (QED) is 0.341. The second kappa shape index (κ2) is 11.0. The van der Waals surface area contributed by atoms with Crippen LogP contribution in [0.1, 0.15) is 62.0 Å². The lowest BCUT2D eigenvalue weighted by molar-refractivity contribution is 0.274. The first-order valence-corrected chi connectivity index (χ1v) is 11.9. The van der Waals surface area contributed by atoms with Crippen LogP contribution in [0, 0.1) is 0 Å². The van der Waals surface area contributed by atoms with Crippen molar-refractivity contribution in [2.75, 3.05) is 0 Å². The third-order valence-electron chi connectivity index (χ3n) is 6.05. The smallest absolute Gasteiger partial charge is 0.205 e. The van der Waals surface area contributed by atoms with Gasteiger partial charge in [0.1, 0.15) is 0 Å². The highest BCUT2D eigenvalue weighted by atomic mass is 16.3. The van der Waals surface area contributed by atoms with Crippen molar-refractivity contribution in [1.82, 2.24) is 30.4 Å². The lowest BCUT2D eigenvalue weighted by Crippen LogP contribution is -2.07. The molecule has 2 heterocycles. The number of H-pyrrole nitrogens is 1. The molecule has 2 aromatic carbocycles. The van der Waals surface area contributed by atoms with Crippen molar-refractivity contribution in [2.24, 2.45) is 0 Å². The molecule has 33 heavy (non-hydrogen) atoms. The number of aromatic amines is 1. The summed E-state index contributed by atoms with van der Waals surface area (Å²) in [6, 6.07) is 16.7. The number of aliphatic hydroxyl groups excluding tert-OH is 1. The summed E-state index contributed by atoms with van der Waals surface area (Å²) in [6.07, 6.45) is 6.26. The fourth-order valence-corrected chi connectivity index (χ4v) is 4.25. The maximum atomic E-state index is 10.0. The molecule has 0 saturated heterocycles. The number of aromatic nitrogens is 6. The molecule has 0 atom stereocenters. The van der Waals surface area contributed by atoms with Crippen LogP contribution in [0.5, 0.6) is 0 Å². The molecule has 0 aliphatic carbocycles. The van der Waals surface area contributed by atoms with Gasteiger partial charge in [0.05, 0.1) is 12.3 Å². The van der Waals surface area contributed by atoms with E-state index in [1.54, 1.807) is 0 Å². The third kappa shape index (κ3) is 5.20. The van der Waals surface area contributed by atoms with Crippen LogP contribution in [-0.2, 0) is 26.0 Å². The molecule has 7 nitrogen and oxygen atoms in total. The molecule has 0 bridgehead atoms. The van der Waals surface area contributed by atoms with Crippen LogP contribution in [0.2, 0.25) is 0 Å². The number of aliphatic hydroxyl groups is 1. The van der Waals surface area contributed by atoms with E-state index >= 15 is 0 Å². The first-order chi connectivity index (χ1) is 16.2. The third-order valence-corrected chi connectivity index (χ3v) is 6.05. The largest absolute Gasteiger partial charge is 0.390 e. The van der Waals surface area contributed by atoms with Crippen LogP contribution in [0.15, 0.2) is 48.5 Å². The topological polar surface area (TPSA) is 92.5 Å². The van der Waals surface area contributed by atoms with Gasteiger partial charge in [-0.1, -0.05) is 75.2 Å². The fraction of sp³-hybridized carbons (Fsp3) is 0.385. The molecule has 0 amide bonds. The Morgan fingerprint density at radius 3 is 2.36 bits per heavy atom. The second-order valence-corrected chi connectivity index (χ2v) is 8.36. The van der Waals surface area contributed by atoms with Gasteiger partial charge in [0.2, 0.25) is 5.82 Å². The van der Waals surface area contributed by atoms with Crippen LogP contribution >= 0.6 is 0 Å². The Labute approximate surface area is 194 Å². The van der Waals surface area contributed by atoms with Gasteiger partial charge in [-0.05, 0) is 41.2 Å². The minimum absolute atomic E-state index is 0.0241. The van der Waals surface area contributed by atoms with Gasteiger partial charge >= 0.3 is 0 Å². The van der Waals surface area contributed by atoms with Crippen molar-refractivity contribution in [1.29, 1.82) is 0 Å². The van der Waals surface area contributed by atoms with Crippen LogP contribution < -0.4 is 0 Å². The molecule has 7 heteroatoms. The van der Waals surface area contributed by atoms with Crippen LogP contribution in [0.25, 0.3) is 22.5 Å². The fourth-order valence-electron chi connectivity index (χ4n) is 4.25. The molecule has 172 valence electrons. The SMILES string of the molecule is CCCCc1c(Cc2ccc(-c3ccccc3-c3nn[nH]n3)cc2)c(CO)nn1CCCC. The van der Waals surface area contributed by atoms with E-state index in [0.29, 0.717) is 5.82 Å². The summed E-state index contributed by atoms with van der Waals surface area (Å²) in [5.41, 5.74) is 7.59. The zero-order valence-corrected chi connectivity index (χ0v) is 19.5. The van der Waals surface area contributed by atoms with E-state index in [0.717, 1.165) is 67.5 Å². The van der Waals surface area contributed by atoms with Crippen molar-refractivity contribution in [3.8, 4) is 22.5 Å². The van der Waals surface area contributed by atoms with Gasteiger partial charge in [0, 0.05) is 29.8 Å². The predicted molar refractivity (Wildman–Crippen MR) is 130 cm³/mol. The summed E-state index contributed by atoms with van der Waals surface area (Å²) in [5.74, 6) is 0.585. The average Bonchev–Trinajstić information content (AvgIpc) is 3.50. The number of rotatable bonds is 11. The van der Waals surface area contributed by atoms with Crippen LogP contribution in [0.3, 0.4) is 0 Å². The minimum atomic E-state index is -0.0241. The van der Waals surface area contributed by atoms with Crippen LogP contribution in [0.4, 0.5) is 0 Å². The van der Waals surface area contributed by atoms with Gasteiger partial charge < -0.3 is 5.11 Å². The molecule has 0 unspecified atom stereocenters. The highest BCUT2D eigenvalue weighted by molar-refractivity contribution is 5.80. The van der Waals surface area contributed by atoms with Crippen molar-refractivity contribution < 1.29 is 5.11 Å². The maximum absolute atomic E-state index is 10.0. The lowest BCUT2D eigenvalue weighted by atomic mass is 9.95. The monoisotopic (exact) mass is 444 g/mol. The number of tetrazole rings is 1. The molecule has 4 rings (SSSR count). The summed E-state index contributed by atoms with van der Waals surface area (Å²) in [6.45, 7) is 5.30. The summed E-state index contributed by atoms with van der Waals surface area (Å²) >= 11 is 0.